The van der Waals surface area contributed by atoms with Crippen LogP contribution in [-0.4, -0.2) is 23.0 Å². The summed E-state index contributed by atoms with van der Waals surface area (Å²) >= 11 is 1.26. The van der Waals surface area contributed by atoms with Crippen LogP contribution in [0.5, 0.6) is 0 Å². The van der Waals surface area contributed by atoms with E-state index in [4.69, 9.17) is 9.05 Å². The molecule has 0 amide bonds. The third-order valence-electron chi connectivity index (χ3n) is 2.08. The van der Waals surface area contributed by atoms with E-state index in [0.717, 1.165) is 0 Å². The van der Waals surface area contributed by atoms with E-state index in [1.807, 2.05) is 0 Å². The van der Waals surface area contributed by atoms with Crippen molar-refractivity contribution in [3.05, 3.63) is 22.4 Å². The summed E-state index contributed by atoms with van der Waals surface area (Å²) in [6.07, 6.45) is 0. The predicted octanol–water partition coefficient (Wildman–Crippen LogP) is 3.19. The highest BCUT2D eigenvalue weighted by Crippen LogP contribution is 2.74. The first-order chi connectivity index (χ1) is 8.35. The minimum absolute atomic E-state index is 0.0535. The fraction of sp³-hybridized carbons (Fsp3) is 0.556. The van der Waals surface area contributed by atoms with Crippen LogP contribution >= 0.6 is 26.5 Å². The van der Waals surface area contributed by atoms with Gasteiger partial charge in [-0.1, -0.05) is 0 Å². The second kappa shape index (κ2) is 6.44. The zero-order valence-corrected chi connectivity index (χ0v) is 12.7. The molecular formula is C9H16O6P2S. The van der Waals surface area contributed by atoms with Crippen molar-refractivity contribution in [1.29, 1.82) is 0 Å². The number of rotatable bonds is 7. The van der Waals surface area contributed by atoms with Gasteiger partial charge in [-0.15, -0.1) is 0 Å². The van der Waals surface area contributed by atoms with E-state index >= 15 is 0 Å². The lowest BCUT2D eigenvalue weighted by Gasteiger charge is -2.26. The second-order valence-corrected chi connectivity index (χ2v) is 8.39. The molecule has 1 heterocycles. The summed E-state index contributed by atoms with van der Waals surface area (Å²) in [4.78, 5) is 18.8. The van der Waals surface area contributed by atoms with E-state index in [2.05, 4.69) is 0 Å². The van der Waals surface area contributed by atoms with Crippen LogP contribution in [0.3, 0.4) is 0 Å². The topological polar surface area (TPSA) is 93.1 Å². The van der Waals surface area contributed by atoms with Gasteiger partial charge in [0.05, 0.1) is 13.2 Å². The molecule has 1 aromatic heterocycles. The zero-order chi connectivity index (χ0) is 13.8. The Morgan fingerprint density at radius 2 is 1.83 bits per heavy atom. The second-order valence-electron chi connectivity index (χ2n) is 3.39. The zero-order valence-electron chi connectivity index (χ0n) is 10.1. The number of thiophene rings is 1. The van der Waals surface area contributed by atoms with Gasteiger partial charge in [0.15, 0.2) is 5.40 Å². The van der Waals surface area contributed by atoms with Crippen LogP contribution in [-0.2, 0) is 18.2 Å². The predicted molar refractivity (Wildman–Crippen MR) is 70.0 cm³/mol. The highest BCUT2D eigenvalue weighted by molar-refractivity contribution is 7.71. The van der Waals surface area contributed by atoms with Gasteiger partial charge in [-0.05, 0) is 36.2 Å². The molecular weight excluding hydrogens is 298 g/mol. The SMILES string of the molecule is CCOP(=O)(OCC)C(c1ccsc1)P(=O)(O)O. The molecule has 1 unspecified atom stereocenters. The van der Waals surface area contributed by atoms with Crippen LogP contribution in [0.1, 0.15) is 24.8 Å². The molecule has 18 heavy (non-hydrogen) atoms. The molecule has 0 aliphatic heterocycles. The van der Waals surface area contributed by atoms with Gasteiger partial charge < -0.3 is 18.8 Å². The molecule has 0 bridgehead atoms. The monoisotopic (exact) mass is 314 g/mol. The Morgan fingerprint density at radius 1 is 1.28 bits per heavy atom. The first-order valence-electron chi connectivity index (χ1n) is 5.31. The molecule has 0 radical (unpaired) electrons. The molecule has 1 rings (SSSR count). The molecule has 104 valence electrons. The van der Waals surface area contributed by atoms with E-state index in [0.29, 0.717) is 0 Å². The summed E-state index contributed by atoms with van der Waals surface area (Å²) in [5.74, 6) is 0. The molecule has 1 aromatic rings. The van der Waals surface area contributed by atoms with Gasteiger partial charge >= 0.3 is 15.2 Å². The van der Waals surface area contributed by atoms with Crippen LogP contribution in [0.4, 0.5) is 0 Å². The third-order valence-corrected chi connectivity index (χ3v) is 7.60. The normalized spacial score (nSPS) is 14.7. The minimum Gasteiger partial charge on any atom is -0.324 e. The molecule has 0 fully saturated rings. The van der Waals surface area contributed by atoms with Gasteiger partial charge in [-0.25, -0.2) is 0 Å². The fourth-order valence-corrected chi connectivity index (χ4v) is 6.43. The van der Waals surface area contributed by atoms with Gasteiger partial charge in [0.2, 0.25) is 0 Å². The highest BCUT2D eigenvalue weighted by Gasteiger charge is 2.48. The largest absolute Gasteiger partial charge is 0.350 e. The lowest BCUT2D eigenvalue weighted by Crippen LogP contribution is -2.07. The summed E-state index contributed by atoms with van der Waals surface area (Å²) < 4.78 is 34.2. The van der Waals surface area contributed by atoms with Crippen molar-refractivity contribution >= 4 is 26.5 Å². The minimum atomic E-state index is -4.65. The standard InChI is InChI=1S/C9H16O6P2S/c1-3-14-17(13,15-4-2)9(16(10,11)12)8-5-6-18-7-8/h5-7,9H,3-4H2,1-2H3,(H2,10,11,12). The van der Waals surface area contributed by atoms with Crippen LogP contribution in [0, 0.1) is 0 Å². The summed E-state index contributed by atoms with van der Waals surface area (Å²) in [5, 5.41) is 1.63. The highest BCUT2D eigenvalue weighted by atomic mass is 32.1. The maximum atomic E-state index is 12.5. The van der Waals surface area contributed by atoms with Gasteiger partial charge in [0.1, 0.15) is 0 Å². The molecule has 0 aromatic carbocycles. The lowest BCUT2D eigenvalue weighted by atomic mass is 10.4. The summed E-state index contributed by atoms with van der Waals surface area (Å²) in [7, 11) is -8.55. The van der Waals surface area contributed by atoms with Crippen LogP contribution in [0.25, 0.3) is 0 Å². The molecule has 0 saturated carbocycles. The summed E-state index contributed by atoms with van der Waals surface area (Å²) in [5.41, 5.74) is 0.276. The lowest BCUT2D eigenvalue weighted by molar-refractivity contribution is 0.214. The van der Waals surface area contributed by atoms with E-state index in [1.54, 1.807) is 19.2 Å². The number of hydrogen-bond acceptors (Lipinski definition) is 5. The van der Waals surface area contributed by atoms with Gasteiger partial charge in [-0.3, -0.25) is 9.13 Å². The summed E-state index contributed by atoms with van der Waals surface area (Å²) in [6.45, 7) is 3.29. The van der Waals surface area contributed by atoms with Gasteiger partial charge in [0, 0.05) is 0 Å². The Hall–Kier alpha value is -0.0000000000000000416. The molecule has 2 N–H and O–H groups in total. The smallest absolute Gasteiger partial charge is 0.324 e. The molecule has 1 atom stereocenters. The Labute approximate surface area is 110 Å². The van der Waals surface area contributed by atoms with Crippen molar-refractivity contribution in [2.45, 2.75) is 19.2 Å². The van der Waals surface area contributed by atoms with Crippen LogP contribution < -0.4 is 0 Å². The average molecular weight is 314 g/mol. The van der Waals surface area contributed by atoms with Gasteiger partial charge in [0.25, 0.3) is 0 Å². The van der Waals surface area contributed by atoms with Crippen molar-refractivity contribution in [3.8, 4) is 0 Å². The quantitative estimate of drug-likeness (QED) is 0.751. The van der Waals surface area contributed by atoms with E-state index in [-0.39, 0.29) is 18.8 Å². The molecule has 6 nitrogen and oxygen atoms in total. The van der Waals surface area contributed by atoms with E-state index < -0.39 is 20.6 Å². The van der Waals surface area contributed by atoms with Crippen LogP contribution in [0.2, 0.25) is 0 Å². The molecule has 9 heteroatoms. The Bertz CT molecular complexity index is 444. The third kappa shape index (κ3) is 3.75. The molecule has 0 aliphatic carbocycles. The Kier molecular flexibility index (Phi) is 5.74. The van der Waals surface area contributed by atoms with Crippen molar-refractivity contribution in [1.82, 2.24) is 0 Å². The van der Waals surface area contributed by atoms with Crippen molar-refractivity contribution in [3.63, 3.8) is 0 Å². The van der Waals surface area contributed by atoms with Crippen molar-refractivity contribution < 1.29 is 28.0 Å². The first-order valence-corrected chi connectivity index (χ1v) is 9.55. The van der Waals surface area contributed by atoms with Crippen molar-refractivity contribution in [2.75, 3.05) is 13.2 Å². The maximum absolute atomic E-state index is 12.5. The van der Waals surface area contributed by atoms with Crippen LogP contribution in [0.15, 0.2) is 16.8 Å². The molecule has 0 aliphatic rings. The Morgan fingerprint density at radius 3 is 2.17 bits per heavy atom. The maximum Gasteiger partial charge on any atom is 0.350 e. The average Bonchev–Trinajstić information content (AvgIpc) is 2.69. The van der Waals surface area contributed by atoms with E-state index in [1.165, 1.54) is 22.8 Å². The molecule has 0 spiro atoms. The summed E-state index contributed by atoms with van der Waals surface area (Å²) in [6, 6.07) is 1.51. The first kappa shape index (κ1) is 16.1. The molecule has 0 saturated heterocycles. The van der Waals surface area contributed by atoms with Crippen molar-refractivity contribution in [2.24, 2.45) is 0 Å². The van der Waals surface area contributed by atoms with E-state index in [9.17, 15) is 18.9 Å². The Balaban J connectivity index is 3.24. The van der Waals surface area contributed by atoms with Gasteiger partial charge in [-0.2, -0.15) is 11.3 Å². The fourth-order valence-electron chi connectivity index (χ4n) is 1.52. The number of hydrogen-bond donors (Lipinski definition) is 2.